The van der Waals surface area contributed by atoms with Crippen LogP contribution in [-0.2, 0) is 21.8 Å². The minimum Gasteiger partial charge on any atom is -0.399 e. The van der Waals surface area contributed by atoms with Gasteiger partial charge in [0.05, 0.1) is 16.2 Å². The van der Waals surface area contributed by atoms with Gasteiger partial charge in [-0.15, -0.1) is 0 Å². The van der Waals surface area contributed by atoms with Crippen LogP contribution in [0.3, 0.4) is 0 Å². The second-order valence-electron chi connectivity index (χ2n) is 4.53. The number of halogens is 3. The van der Waals surface area contributed by atoms with E-state index in [0.29, 0.717) is 5.69 Å². The van der Waals surface area contributed by atoms with Crippen molar-refractivity contribution in [1.29, 1.82) is 0 Å². The van der Waals surface area contributed by atoms with Crippen molar-refractivity contribution >= 4 is 15.5 Å². The molecule has 0 atom stereocenters. The molecule has 0 heterocycles. The Labute approximate surface area is 120 Å². The zero-order valence-corrected chi connectivity index (χ0v) is 11.6. The van der Waals surface area contributed by atoms with Gasteiger partial charge in [0.2, 0.25) is 0 Å². The van der Waals surface area contributed by atoms with E-state index >= 15 is 0 Å². The van der Waals surface area contributed by atoms with Crippen LogP contribution in [0.25, 0.3) is 0 Å². The lowest BCUT2D eigenvalue weighted by molar-refractivity contribution is -0.137. The molecule has 112 valence electrons. The molecule has 0 saturated heterocycles. The van der Waals surface area contributed by atoms with Crippen molar-refractivity contribution in [3.05, 3.63) is 59.7 Å². The van der Waals surface area contributed by atoms with Crippen LogP contribution in [0.15, 0.2) is 53.4 Å². The number of anilines is 1. The molecular formula is C14H12F3NO2S. The minimum atomic E-state index is -4.44. The molecule has 0 spiro atoms. The highest BCUT2D eigenvalue weighted by molar-refractivity contribution is 7.90. The number of hydrogen-bond donors (Lipinski definition) is 1. The summed E-state index contributed by atoms with van der Waals surface area (Å²) in [5.74, 6) is -0.380. The van der Waals surface area contributed by atoms with Crippen molar-refractivity contribution in [2.75, 3.05) is 5.73 Å². The van der Waals surface area contributed by atoms with Gasteiger partial charge in [0, 0.05) is 5.69 Å². The Kier molecular flexibility index (Phi) is 3.95. The molecule has 2 aromatic rings. The minimum absolute atomic E-state index is 0.0439. The van der Waals surface area contributed by atoms with Gasteiger partial charge in [0.25, 0.3) is 0 Å². The fraction of sp³-hybridized carbons (Fsp3) is 0.143. The summed E-state index contributed by atoms with van der Waals surface area (Å²) in [6.07, 6.45) is -4.44. The SMILES string of the molecule is Nc1cccc(S(=O)(=O)Cc2ccc(C(F)(F)F)cc2)c1. The predicted molar refractivity (Wildman–Crippen MR) is 73.2 cm³/mol. The Morgan fingerprint density at radius 2 is 1.62 bits per heavy atom. The first-order valence-corrected chi connectivity index (χ1v) is 7.58. The molecule has 2 aromatic carbocycles. The smallest absolute Gasteiger partial charge is 0.399 e. The van der Waals surface area contributed by atoms with Crippen molar-refractivity contribution in [2.45, 2.75) is 16.8 Å². The Morgan fingerprint density at radius 1 is 1.00 bits per heavy atom. The first-order chi connectivity index (χ1) is 9.68. The molecule has 0 bridgehead atoms. The number of benzene rings is 2. The molecule has 0 aromatic heterocycles. The molecule has 0 aliphatic carbocycles. The molecule has 7 heteroatoms. The average molecular weight is 315 g/mol. The number of rotatable bonds is 3. The zero-order valence-electron chi connectivity index (χ0n) is 10.8. The lowest BCUT2D eigenvalue weighted by atomic mass is 10.1. The maximum absolute atomic E-state index is 12.4. The quantitative estimate of drug-likeness (QED) is 0.884. The van der Waals surface area contributed by atoms with Gasteiger partial charge in [-0.05, 0) is 35.9 Å². The van der Waals surface area contributed by atoms with Crippen LogP contribution in [0.4, 0.5) is 18.9 Å². The molecule has 0 amide bonds. The summed E-state index contributed by atoms with van der Waals surface area (Å²) < 4.78 is 61.6. The second kappa shape index (κ2) is 5.40. The van der Waals surface area contributed by atoms with Crippen molar-refractivity contribution in [3.8, 4) is 0 Å². The molecule has 0 saturated carbocycles. The fourth-order valence-corrected chi connectivity index (χ4v) is 3.20. The molecule has 0 radical (unpaired) electrons. The van der Waals surface area contributed by atoms with Gasteiger partial charge < -0.3 is 5.73 Å². The van der Waals surface area contributed by atoms with Crippen molar-refractivity contribution in [2.24, 2.45) is 0 Å². The topological polar surface area (TPSA) is 60.2 Å². The van der Waals surface area contributed by atoms with Crippen LogP contribution in [-0.4, -0.2) is 8.42 Å². The van der Waals surface area contributed by atoms with Gasteiger partial charge >= 0.3 is 6.18 Å². The molecule has 0 fully saturated rings. The van der Waals surface area contributed by atoms with Gasteiger partial charge in [-0.3, -0.25) is 0 Å². The van der Waals surface area contributed by atoms with E-state index in [9.17, 15) is 21.6 Å². The van der Waals surface area contributed by atoms with E-state index in [1.54, 1.807) is 6.07 Å². The van der Waals surface area contributed by atoms with Crippen molar-refractivity contribution < 1.29 is 21.6 Å². The standard InChI is InChI=1S/C14H12F3NO2S/c15-14(16,17)11-6-4-10(5-7-11)9-21(19,20)13-3-1-2-12(18)8-13/h1-8H,9,18H2. The van der Waals surface area contributed by atoms with Crippen molar-refractivity contribution in [1.82, 2.24) is 0 Å². The van der Waals surface area contributed by atoms with Gasteiger partial charge in [-0.2, -0.15) is 13.2 Å². The lowest BCUT2D eigenvalue weighted by Gasteiger charge is -2.08. The lowest BCUT2D eigenvalue weighted by Crippen LogP contribution is -2.07. The van der Waals surface area contributed by atoms with Gasteiger partial charge in [0.15, 0.2) is 9.84 Å². The summed E-state index contributed by atoms with van der Waals surface area (Å²) in [6, 6.07) is 9.83. The highest BCUT2D eigenvalue weighted by Gasteiger charge is 2.30. The summed E-state index contributed by atoms with van der Waals surface area (Å²) in [5.41, 5.74) is 5.31. The maximum Gasteiger partial charge on any atom is 0.416 e. The number of hydrogen-bond acceptors (Lipinski definition) is 3. The van der Waals surface area contributed by atoms with E-state index < -0.39 is 21.6 Å². The Balaban J connectivity index is 2.25. The second-order valence-corrected chi connectivity index (χ2v) is 6.52. The number of nitrogens with two attached hydrogens (primary N) is 1. The third kappa shape index (κ3) is 3.75. The first-order valence-electron chi connectivity index (χ1n) is 5.93. The van der Waals surface area contributed by atoms with E-state index in [4.69, 9.17) is 5.73 Å². The highest BCUT2D eigenvalue weighted by Crippen LogP contribution is 2.29. The van der Waals surface area contributed by atoms with E-state index in [0.717, 1.165) is 24.3 Å². The molecule has 0 aliphatic heterocycles. The van der Waals surface area contributed by atoms with E-state index in [-0.39, 0.29) is 16.2 Å². The molecule has 2 rings (SSSR count). The van der Waals surface area contributed by atoms with Crippen LogP contribution < -0.4 is 5.73 Å². The number of nitrogen functional groups attached to an aromatic ring is 1. The molecule has 21 heavy (non-hydrogen) atoms. The summed E-state index contributed by atoms with van der Waals surface area (Å²) in [4.78, 5) is 0.0439. The third-order valence-corrected chi connectivity index (χ3v) is 4.54. The maximum atomic E-state index is 12.4. The van der Waals surface area contributed by atoms with Gasteiger partial charge in [-0.1, -0.05) is 18.2 Å². The number of alkyl halides is 3. The summed E-state index contributed by atoms with van der Waals surface area (Å²) >= 11 is 0. The van der Waals surface area contributed by atoms with Crippen LogP contribution >= 0.6 is 0 Å². The summed E-state index contributed by atoms with van der Waals surface area (Å²) in [7, 11) is -3.65. The Morgan fingerprint density at radius 3 is 2.14 bits per heavy atom. The average Bonchev–Trinajstić information content (AvgIpc) is 2.38. The molecule has 3 nitrogen and oxygen atoms in total. The molecule has 2 N–H and O–H groups in total. The monoisotopic (exact) mass is 315 g/mol. The summed E-state index contributed by atoms with van der Waals surface area (Å²) in [5, 5.41) is 0. The fourth-order valence-electron chi connectivity index (χ4n) is 1.80. The Hall–Kier alpha value is -2.02. The van der Waals surface area contributed by atoms with E-state index in [1.807, 2.05) is 0 Å². The molecule has 0 unspecified atom stereocenters. The van der Waals surface area contributed by atoms with E-state index in [2.05, 4.69) is 0 Å². The molecular weight excluding hydrogens is 303 g/mol. The predicted octanol–water partition coefficient (Wildman–Crippen LogP) is 3.26. The van der Waals surface area contributed by atoms with Crippen LogP contribution in [0.2, 0.25) is 0 Å². The number of sulfone groups is 1. The van der Waals surface area contributed by atoms with Gasteiger partial charge in [0.1, 0.15) is 0 Å². The van der Waals surface area contributed by atoms with Gasteiger partial charge in [-0.25, -0.2) is 8.42 Å². The van der Waals surface area contributed by atoms with Crippen LogP contribution in [0.5, 0.6) is 0 Å². The van der Waals surface area contributed by atoms with E-state index in [1.165, 1.54) is 18.2 Å². The first kappa shape index (κ1) is 15.4. The van der Waals surface area contributed by atoms with Crippen LogP contribution in [0, 0.1) is 0 Å². The van der Waals surface area contributed by atoms with Crippen molar-refractivity contribution in [3.63, 3.8) is 0 Å². The van der Waals surface area contributed by atoms with Crippen LogP contribution in [0.1, 0.15) is 11.1 Å². The highest BCUT2D eigenvalue weighted by atomic mass is 32.2. The third-order valence-electron chi connectivity index (χ3n) is 2.86. The Bertz CT molecular complexity index is 738. The molecule has 0 aliphatic rings. The summed E-state index contributed by atoms with van der Waals surface area (Å²) in [6.45, 7) is 0. The normalized spacial score (nSPS) is 12.3. The largest absolute Gasteiger partial charge is 0.416 e. The zero-order chi connectivity index (χ0) is 15.7.